The molecule has 0 saturated heterocycles. The van der Waals surface area contributed by atoms with E-state index in [9.17, 15) is 4.79 Å². The van der Waals surface area contributed by atoms with Gasteiger partial charge in [0, 0.05) is 0 Å². The molecular weight excluding hydrogens is 442 g/mol. The van der Waals surface area contributed by atoms with Gasteiger partial charge in [0.15, 0.2) is 0 Å². The van der Waals surface area contributed by atoms with Crippen LogP contribution in [0.5, 0.6) is 0 Å². The van der Waals surface area contributed by atoms with Gasteiger partial charge in [-0.1, -0.05) is 104 Å². The van der Waals surface area contributed by atoms with Gasteiger partial charge >= 0.3 is 21.7 Å². The maximum absolute atomic E-state index is 10.3. The van der Waals surface area contributed by atoms with Crippen LogP contribution in [-0.2, 0) is 21.7 Å². The van der Waals surface area contributed by atoms with E-state index in [2.05, 4.69) is 43.9 Å². The number of nitrogens with one attached hydrogen (secondary N) is 1. The Hall–Kier alpha value is -1.42. The number of hydrogen-bond acceptors (Lipinski definition) is 1. The van der Waals surface area contributed by atoms with Crippen LogP contribution < -0.4 is 0 Å². The molecule has 0 aromatic heterocycles. The maximum Gasteiger partial charge on any atom is 4.00 e. The van der Waals surface area contributed by atoms with Crippen molar-refractivity contribution >= 4 is 16.9 Å². The van der Waals surface area contributed by atoms with Gasteiger partial charge in [0.2, 0.25) is 0 Å². The minimum absolute atomic E-state index is 0. The summed E-state index contributed by atoms with van der Waals surface area (Å²) in [6.07, 6.45) is 17.8. The number of fused-ring (bicyclic) bond motifs is 3. The first-order valence-electron chi connectivity index (χ1n) is 10.2. The van der Waals surface area contributed by atoms with Gasteiger partial charge in [0.25, 0.3) is 0 Å². The minimum atomic E-state index is -0.629. The summed E-state index contributed by atoms with van der Waals surface area (Å²) in [5.41, 5.74) is 9.25. The fourth-order valence-corrected chi connectivity index (χ4v) is 4.04. The predicted octanol–water partition coefficient (Wildman–Crippen LogP) is 6.83. The molecule has 1 aromatic rings. The zero-order valence-electron chi connectivity index (χ0n) is 19.7. The smallest absolute Gasteiger partial charge is 0.664 e. The van der Waals surface area contributed by atoms with E-state index in [0.717, 1.165) is 34.8 Å². The number of benzene rings is 1. The zero-order valence-corrected chi connectivity index (χ0v) is 21.3. The first kappa shape index (κ1) is 35.2. The van der Waals surface area contributed by atoms with Crippen molar-refractivity contribution in [3.63, 3.8) is 0 Å². The van der Waals surface area contributed by atoms with E-state index < -0.39 is 5.91 Å². The second-order valence-electron chi connectivity index (χ2n) is 7.98. The Labute approximate surface area is 217 Å². The van der Waals surface area contributed by atoms with Gasteiger partial charge in [0.05, 0.1) is 5.91 Å². The molecule has 0 heterocycles. The molecule has 4 rings (SSSR count). The van der Waals surface area contributed by atoms with Crippen molar-refractivity contribution in [2.45, 2.75) is 39.5 Å². The van der Waals surface area contributed by atoms with Crippen molar-refractivity contribution < 1.29 is 26.5 Å². The molecule has 3 aliphatic carbocycles. The number of allylic oxidation sites excluding steroid dienone is 6. The number of amides is 1. The third-order valence-corrected chi connectivity index (χ3v) is 5.83. The van der Waals surface area contributed by atoms with E-state index >= 15 is 0 Å². The van der Waals surface area contributed by atoms with E-state index in [1.54, 1.807) is 24.3 Å². The number of hydrogen-bond donors (Lipinski definition) is 0. The number of rotatable bonds is 2. The molecule has 1 amide bonds. The van der Waals surface area contributed by atoms with E-state index in [-0.39, 0.29) is 47.5 Å². The van der Waals surface area contributed by atoms with Crippen LogP contribution in [0.2, 0.25) is 0 Å². The first-order chi connectivity index (χ1) is 13.4. The van der Waals surface area contributed by atoms with Gasteiger partial charge in [0.1, 0.15) is 0 Å². The second kappa shape index (κ2) is 18.1. The molecule has 1 N–H and O–H groups in total. The van der Waals surface area contributed by atoms with Gasteiger partial charge in [-0.15, -0.1) is 12.0 Å². The average molecular weight is 486 g/mol. The summed E-state index contributed by atoms with van der Waals surface area (Å²) >= 11 is 0. The van der Waals surface area contributed by atoms with Crippen LogP contribution >= 0.6 is 0 Å². The molecule has 0 spiro atoms. The van der Waals surface area contributed by atoms with E-state index in [1.165, 1.54) is 25.7 Å². The van der Waals surface area contributed by atoms with Gasteiger partial charge in [-0.3, -0.25) is 0 Å². The molecule has 1 aromatic carbocycles. The van der Waals surface area contributed by atoms with Crippen LogP contribution in [0.25, 0.3) is 5.73 Å². The van der Waals surface area contributed by atoms with Crippen molar-refractivity contribution in [1.29, 1.82) is 0 Å². The van der Waals surface area contributed by atoms with Crippen molar-refractivity contribution in [2.75, 3.05) is 0 Å². The molecule has 32 heavy (non-hydrogen) atoms. The standard InChI is InChI=1S/C13H17.C7H7NO.C6H10.2CH3.H4Si.Ti/c1-3-7-12-10(5-1)9-11-6-2-4-8-13(11)12;8-7(9)6-4-2-1-3-5-6;1-5(2)6(3)4;;;;/h1,3,5,7,9-13H,2,4,6,8H2;1-5H,(H2,8,9);1,3H2,2,4H3;2*1H3;1H4;/q-1;;;2*-1;;+4/p-1. The summed E-state index contributed by atoms with van der Waals surface area (Å²) < 4.78 is 0. The molecule has 4 unspecified atom stereocenters. The fraction of sp³-hybridized carbons (Fsp3) is 0.357. The minimum Gasteiger partial charge on any atom is -0.664 e. The predicted molar refractivity (Wildman–Crippen MR) is 144 cm³/mol. The summed E-state index contributed by atoms with van der Waals surface area (Å²) in [7, 11) is 0. The Morgan fingerprint density at radius 2 is 1.50 bits per heavy atom. The number of carbonyl (C=O) groups excluding carboxylic acids is 1. The third-order valence-electron chi connectivity index (χ3n) is 5.83. The largest absolute Gasteiger partial charge is 4.00 e. The van der Waals surface area contributed by atoms with Crippen molar-refractivity contribution in [3.8, 4) is 0 Å². The molecule has 4 heteroatoms. The van der Waals surface area contributed by atoms with Crippen LogP contribution in [0, 0.1) is 44.9 Å². The SMILES string of the molecule is C1=CC2[CH-]C3CCCCC3C2C=C1.C=C(C)C(=C)C.[CH3-].[CH3-].[NH-]C(=O)c1ccccc1.[SiH4].[Ti+4]. The monoisotopic (exact) mass is 485 g/mol. The molecule has 4 atom stereocenters. The molecule has 2 fully saturated rings. The molecular formula is C28H43NOSiTi. The molecule has 0 radical (unpaired) electrons. The first-order valence-corrected chi connectivity index (χ1v) is 10.2. The summed E-state index contributed by atoms with van der Waals surface area (Å²) in [5.74, 6) is 2.93. The van der Waals surface area contributed by atoms with Gasteiger partial charge in [-0.2, -0.15) is 5.92 Å². The van der Waals surface area contributed by atoms with Crippen molar-refractivity contribution in [1.82, 2.24) is 0 Å². The second-order valence-corrected chi connectivity index (χ2v) is 7.98. The van der Waals surface area contributed by atoms with Crippen LogP contribution in [0.1, 0.15) is 49.9 Å². The zero-order chi connectivity index (χ0) is 20.5. The number of carbonyl (C=O) groups is 1. The topological polar surface area (TPSA) is 40.9 Å². The normalized spacial score (nSPS) is 23.2. The van der Waals surface area contributed by atoms with Gasteiger partial charge < -0.3 is 31.8 Å². The Balaban J connectivity index is -0.000000398. The van der Waals surface area contributed by atoms with Gasteiger partial charge in [-0.25, -0.2) is 0 Å². The van der Waals surface area contributed by atoms with E-state index in [1.807, 2.05) is 19.9 Å². The molecule has 0 bridgehead atoms. The van der Waals surface area contributed by atoms with Crippen LogP contribution in [-0.4, -0.2) is 16.9 Å². The maximum atomic E-state index is 10.3. The molecule has 2 saturated carbocycles. The Morgan fingerprint density at radius 3 is 2.00 bits per heavy atom. The third kappa shape index (κ3) is 10.9. The van der Waals surface area contributed by atoms with Gasteiger partial charge in [-0.05, 0) is 36.3 Å². The molecule has 2 nitrogen and oxygen atoms in total. The quantitative estimate of drug-likeness (QED) is 0.257. The Morgan fingerprint density at radius 1 is 0.969 bits per heavy atom. The van der Waals surface area contributed by atoms with E-state index in [0.29, 0.717) is 5.56 Å². The fourth-order valence-electron chi connectivity index (χ4n) is 4.04. The Bertz CT molecular complexity index is 729. The summed E-state index contributed by atoms with van der Waals surface area (Å²) in [5, 5.41) is 0. The molecule has 3 aliphatic rings. The Kier molecular flexibility index (Phi) is 19.9. The summed E-state index contributed by atoms with van der Waals surface area (Å²) in [6, 6.07) is 8.53. The van der Waals surface area contributed by atoms with Crippen LogP contribution in [0.15, 0.2) is 78.9 Å². The van der Waals surface area contributed by atoms with E-state index in [4.69, 9.17) is 5.73 Å². The summed E-state index contributed by atoms with van der Waals surface area (Å²) in [4.78, 5) is 10.3. The van der Waals surface area contributed by atoms with Crippen LogP contribution in [0.3, 0.4) is 0 Å². The average Bonchev–Trinajstić information content (AvgIpc) is 3.08. The van der Waals surface area contributed by atoms with Crippen molar-refractivity contribution in [3.05, 3.63) is 112 Å². The molecule has 174 valence electrons. The molecule has 0 aliphatic heterocycles. The summed E-state index contributed by atoms with van der Waals surface area (Å²) in [6.45, 7) is 11.2. The van der Waals surface area contributed by atoms with Crippen LogP contribution in [0.4, 0.5) is 0 Å². The van der Waals surface area contributed by atoms with Crippen molar-refractivity contribution in [2.24, 2.45) is 23.7 Å².